The van der Waals surface area contributed by atoms with Crippen LogP contribution < -0.4 is 14.5 Å². The van der Waals surface area contributed by atoms with Crippen LogP contribution in [0.1, 0.15) is 59.1 Å². The molecule has 1 saturated heterocycles. The van der Waals surface area contributed by atoms with Crippen LogP contribution in [0.25, 0.3) is 5.57 Å². The van der Waals surface area contributed by atoms with Gasteiger partial charge in [0.05, 0.1) is 24.5 Å². The summed E-state index contributed by atoms with van der Waals surface area (Å²) < 4.78 is 23.3. The standard InChI is InChI=1S/C31H40N4O6/c1-30(2,3)40-28(36)34-13-10-21(11-14-34)22-7-8-25-26(19-22)39-20-23-24(33-15-17-38-18-16-33)9-12-32-27(23)35(25)29(37)41-31(4,5)6/h7-10,12,19H,11,13-18,20H2,1-6H3. The first-order valence-corrected chi connectivity index (χ1v) is 14.2. The summed E-state index contributed by atoms with van der Waals surface area (Å²) >= 11 is 0. The Kier molecular flexibility index (Phi) is 7.87. The van der Waals surface area contributed by atoms with E-state index < -0.39 is 17.3 Å². The van der Waals surface area contributed by atoms with E-state index in [1.165, 1.54) is 4.90 Å². The molecule has 1 aromatic heterocycles. The van der Waals surface area contributed by atoms with Crippen molar-refractivity contribution in [3.8, 4) is 5.75 Å². The molecule has 1 aromatic carbocycles. The van der Waals surface area contributed by atoms with Crippen LogP contribution in [0, 0.1) is 0 Å². The largest absolute Gasteiger partial charge is 0.486 e. The number of fused-ring (bicyclic) bond motifs is 2. The fourth-order valence-corrected chi connectivity index (χ4v) is 5.10. The third-order valence-electron chi connectivity index (χ3n) is 6.95. The fraction of sp³-hybridized carbons (Fsp3) is 0.516. The molecule has 1 fully saturated rings. The molecule has 10 heteroatoms. The zero-order valence-corrected chi connectivity index (χ0v) is 24.9. The summed E-state index contributed by atoms with van der Waals surface area (Å²) in [6.07, 6.45) is 3.62. The van der Waals surface area contributed by atoms with Crippen molar-refractivity contribution in [2.24, 2.45) is 0 Å². The minimum absolute atomic E-state index is 0.247. The van der Waals surface area contributed by atoms with E-state index in [1.54, 1.807) is 11.1 Å². The van der Waals surface area contributed by atoms with Crippen molar-refractivity contribution >= 4 is 35.0 Å². The summed E-state index contributed by atoms with van der Waals surface area (Å²) in [4.78, 5) is 36.3. The number of carbonyl (C=O) groups is 2. The zero-order valence-electron chi connectivity index (χ0n) is 24.9. The van der Waals surface area contributed by atoms with Gasteiger partial charge in [0.2, 0.25) is 0 Å². The van der Waals surface area contributed by atoms with Crippen molar-refractivity contribution < 1.29 is 28.5 Å². The summed E-state index contributed by atoms with van der Waals surface area (Å²) in [5.74, 6) is 1.06. The number of hydrogen-bond donors (Lipinski definition) is 0. The molecule has 41 heavy (non-hydrogen) atoms. The Hall–Kier alpha value is -3.79. The number of pyridine rings is 1. The van der Waals surface area contributed by atoms with E-state index >= 15 is 0 Å². The lowest BCUT2D eigenvalue weighted by molar-refractivity contribution is 0.0270. The minimum Gasteiger partial charge on any atom is -0.486 e. The number of anilines is 3. The Morgan fingerprint density at radius 2 is 1.61 bits per heavy atom. The van der Waals surface area contributed by atoms with Crippen molar-refractivity contribution in [2.45, 2.75) is 65.8 Å². The third-order valence-corrected chi connectivity index (χ3v) is 6.95. The second-order valence-corrected chi connectivity index (χ2v) is 12.4. The molecule has 0 spiro atoms. The molecular weight excluding hydrogens is 524 g/mol. The normalized spacial score (nSPS) is 17.5. The first-order valence-electron chi connectivity index (χ1n) is 14.2. The zero-order chi connectivity index (χ0) is 29.4. The maximum atomic E-state index is 13.7. The molecule has 5 rings (SSSR count). The summed E-state index contributed by atoms with van der Waals surface area (Å²) in [5.41, 5.74) is 3.21. The summed E-state index contributed by atoms with van der Waals surface area (Å²) in [5, 5.41) is 0. The molecule has 2 amide bonds. The number of benzene rings is 1. The van der Waals surface area contributed by atoms with Crippen LogP contribution >= 0.6 is 0 Å². The van der Waals surface area contributed by atoms with Gasteiger partial charge < -0.3 is 28.7 Å². The number of hydrogen-bond acceptors (Lipinski definition) is 8. The predicted octanol–water partition coefficient (Wildman–Crippen LogP) is 5.91. The van der Waals surface area contributed by atoms with Gasteiger partial charge in [-0.3, -0.25) is 0 Å². The van der Waals surface area contributed by atoms with Crippen molar-refractivity contribution in [3.05, 3.63) is 47.7 Å². The monoisotopic (exact) mass is 564 g/mol. The molecule has 0 N–H and O–H groups in total. The van der Waals surface area contributed by atoms with Crippen molar-refractivity contribution in [1.29, 1.82) is 0 Å². The SMILES string of the molecule is CC(C)(C)OC(=O)N1CC=C(c2ccc3c(c2)OCc2c(N4CCOCC4)ccnc2N3C(=O)OC(C)(C)C)CC1. The van der Waals surface area contributed by atoms with Crippen LogP contribution in [0.2, 0.25) is 0 Å². The van der Waals surface area contributed by atoms with E-state index in [2.05, 4.69) is 9.88 Å². The first-order chi connectivity index (χ1) is 19.4. The minimum atomic E-state index is -0.695. The maximum absolute atomic E-state index is 13.7. The van der Waals surface area contributed by atoms with Gasteiger partial charge in [-0.25, -0.2) is 19.5 Å². The van der Waals surface area contributed by atoms with E-state index in [4.69, 9.17) is 18.9 Å². The Labute approximate surface area is 241 Å². The summed E-state index contributed by atoms with van der Waals surface area (Å²) in [7, 11) is 0. The average molecular weight is 565 g/mol. The van der Waals surface area contributed by atoms with Gasteiger partial charge in [-0.2, -0.15) is 0 Å². The molecular formula is C31H40N4O6. The highest BCUT2D eigenvalue weighted by Crippen LogP contribution is 2.43. The molecule has 220 valence electrons. The lowest BCUT2D eigenvalue weighted by Gasteiger charge is -2.32. The Bertz CT molecular complexity index is 1340. The molecule has 0 unspecified atom stereocenters. The van der Waals surface area contributed by atoms with Crippen LogP contribution in [0.3, 0.4) is 0 Å². The number of aromatic nitrogens is 1. The van der Waals surface area contributed by atoms with Gasteiger partial charge in [-0.05, 0) is 77.3 Å². The topological polar surface area (TPSA) is 93.7 Å². The van der Waals surface area contributed by atoms with Crippen LogP contribution in [0.15, 0.2) is 36.5 Å². The molecule has 0 bridgehead atoms. The van der Waals surface area contributed by atoms with Gasteiger partial charge in [0.25, 0.3) is 0 Å². The molecule has 0 aliphatic carbocycles. The molecule has 3 aliphatic heterocycles. The number of rotatable bonds is 2. The maximum Gasteiger partial charge on any atom is 0.420 e. The second-order valence-electron chi connectivity index (χ2n) is 12.4. The van der Waals surface area contributed by atoms with Crippen LogP contribution in [0.4, 0.5) is 26.8 Å². The number of amides is 2. The van der Waals surface area contributed by atoms with Crippen molar-refractivity contribution in [2.75, 3.05) is 49.2 Å². The quantitative estimate of drug-likeness (QED) is 0.445. The molecule has 0 radical (unpaired) electrons. The molecule has 10 nitrogen and oxygen atoms in total. The highest BCUT2D eigenvalue weighted by molar-refractivity contribution is 5.99. The van der Waals surface area contributed by atoms with E-state index in [1.807, 2.05) is 71.9 Å². The molecule has 4 heterocycles. The predicted molar refractivity (Wildman–Crippen MR) is 157 cm³/mol. The van der Waals surface area contributed by atoms with Gasteiger partial charge in [0.1, 0.15) is 23.6 Å². The summed E-state index contributed by atoms with van der Waals surface area (Å²) in [6.45, 7) is 15.2. The van der Waals surface area contributed by atoms with Gasteiger partial charge in [-0.15, -0.1) is 0 Å². The van der Waals surface area contributed by atoms with E-state index in [0.29, 0.717) is 50.0 Å². The highest BCUT2D eigenvalue weighted by atomic mass is 16.6. The van der Waals surface area contributed by atoms with E-state index in [0.717, 1.165) is 35.5 Å². The molecule has 0 saturated carbocycles. The lowest BCUT2D eigenvalue weighted by Crippen LogP contribution is -2.39. The lowest BCUT2D eigenvalue weighted by atomic mass is 9.99. The number of nitrogens with zero attached hydrogens (tertiary/aromatic N) is 4. The highest BCUT2D eigenvalue weighted by Gasteiger charge is 2.34. The van der Waals surface area contributed by atoms with E-state index in [9.17, 15) is 9.59 Å². The third kappa shape index (κ3) is 6.59. The fourth-order valence-electron chi connectivity index (χ4n) is 5.10. The Morgan fingerprint density at radius 3 is 2.27 bits per heavy atom. The van der Waals surface area contributed by atoms with Crippen molar-refractivity contribution in [1.82, 2.24) is 9.88 Å². The number of carbonyl (C=O) groups excluding carboxylic acids is 2. The summed E-state index contributed by atoms with van der Waals surface area (Å²) in [6, 6.07) is 7.78. The Morgan fingerprint density at radius 1 is 0.902 bits per heavy atom. The van der Waals surface area contributed by atoms with Crippen LogP contribution in [-0.2, 0) is 20.8 Å². The van der Waals surface area contributed by atoms with Gasteiger partial charge in [0, 0.05) is 38.1 Å². The van der Waals surface area contributed by atoms with Gasteiger partial charge >= 0.3 is 12.2 Å². The van der Waals surface area contributed by atoms with Gasteiger partial charge in [0.15, 0.2) is 5.82 Å². The second kappa shape index (κ2) is 11.2. The first kappa shape index (κ1) is 28.7. The van der Waals surface area contributed by atoms with Crippen LogP contribution in [0.5, 0.6) is 5.75 Å². The van der Waals surface area contributed by atoms with Crippen LogP contribution in [-0.4, -0.2) is 72.7 Å². The molecule has 0 atom stereocenters. The number of ether oxygens (including phenoxy) is 4. The van der Waals surface area contributed by atoms with Crippen molar-refractivity contribution in [3.63, 3.8) is 0 Å². The molecule has 3 aliphatic rings. The number of morpholine rings is 1. The molecule has 2 aromatic rings. The Balaban J connectivity index is 1.47. The average Bonchev–Trinajstić information content (AvgIpc) is 3.08. The van der Waals surface area contributed by atoms with Gasteiger partial charge in [-0.1, -0.05) is 12.1 Å². The van der Waals surface area contributed by atoms with E-state index in [-0.39, 0.29) is 12.7 Å². The smallest absolute Gasteiger partial charge is 0.420 e.